The van der Waals surface area contributed by atoms with Crippen LogP contribution in [0.4, 0.5) is 0 Å². The molecule has 14 heavy (non-hydrogen) atoms. The van der Waals surface area contributed by atoms with Gasteiger partial charge in [0.15, 0.2) is 0 Å². The zero-order valence-corrected chi connectivity index (χ0v) is 11.5. The smallest absolute Gasteiger partial charge is 0.119 e. The van der Waals surface area contributed by atoms with Crippen molar-refractivity contribution in [3.8, 4) is 5.75 Å². The lowest BCUT2D eigenvalue weighted by Crippen LogP contribution is -2.14. The molecule has 1 nitrogen and oxygen atoms in total. The summed E-state index contributed by atoms with van der Waals surface area (Å²) in [6, 6.07) is 8.21. The van der Waals surface area contributed by atoms with Gasteiger partial charge < -0.3 is 4.74 Å². The first-order valence-corrected chi connectivity index (χ1v) is 6.88. The Morgan fingerprint density at radius 2 is 1.93 bits per heavy atom. The van der Waals surface area contributed by atoms with Crippen LogP contribution in [0.5, 0.6) is 5.75 Å². The van der Waals surface area contributed by atoms with E-state index < -0.39 is 0 Å². The van der Waals surface area contributed by atoms with Gasteiger partial charge in [0.1, 0.15) is 5.75 Å². The standard InChI is InChI=1S/C11H12BrIO/c12-7-11(5-6-11)8-14-10-3-1-9(13)2-4-10/h1-4H,5-8H2. The minimum atomic E-state index is 0.434. The van der Waals surface area contributed by atoms with E-state index in [9.17, 15) is 0 Å². The molecule has 76 valence electrons. The number of hydrogen-bond donors (Lipinski definition) is 0. The average molecular weight is 367 g/mol. The second kappa shape index (κ2) is 4.39. The van der Waals surface area contributed by atoms with Gasteiger partial charge in [-0.3, -0.25) is 0 Å². The molecule has 0 unspecified atom stereocenters. The Bertz CT molecular complexity index is 306. The number of halogens is 2. The van der Waals surface area contributed by atoms with E-state index >= 15 is 0 Å². The first kappa shape index (κ1) is 10.7. The maximum absolute atomic E-state index is 5.75. The fraction of sp³-hybridized carbons (Fsp3) is 0.455. The molecule has 0 amide bonds. The van der Waals surface area contributed by atoms with Crippen molar-refractivity contribution in [1.82, 2.24) is 0 Å². The quantitative estimate of drug-likeness (QED) is 0.581. The van der Waals surface area contributed by atoms with E-state index in [-0.39, 0.29) is 0 Å². The van der Waals surface area contributed by atoms with Crippen molar-refractivity contribution in [2.24, 2.45) is 5.41 Å². The fourth-order valence-electron chi connectivity index (χ4n) is 1.26. The summed E-state index contributed by atoms with van der Waals surface area (Å²) in [6.45, 7) is 0.846. The number of ether oxygens (including phenoxy) is 1. The van der Waals surface area contributed by atoms with E-state index in [4.69, 9.17) is 4.74 Å². The van der Waals surface area contributed by atoms with Crippen molar-refractivity contribution in [1.29, 1.82) is 0 Å². The van der Waals surface area contributed by atoms with Crippen molar-refractivity contribution in [2.45, 2.75) is 12.8 Å². The van der Waals surface area contributed by atoms with Crippen LogP contribution in [0.25, 0.3) is 0 Å². The van der Waals surface area contributed by atoms with E-state index in [0.29, 0.717) is 5.41 Å². The summed E-state index contributed by atoms with van der Waals surface area (Å²) in [7, 11) is 0. The van der Waals surface area contributed by atoms with Gasteiger partial charge in [-0.05, 0) is 59.7 Å². The predicted molar refractivity (Wildman–Crippen MR) is 70.1 cm³/mol. The monoisotopic (exact) mass is 366 g/mol. The Kier molecular flexibility index (Phi) is 3.37. The minimum Gasteiger partial charge on any atom is -0.493 e. The fourth-order valence-corrected chi connectivity index (χ4v) is 2.34. The molecule has 0 aliphatic heterocycles. The van der Waals surface area contributed by atoms with Gasteiger partial charge >= 0.3 is 0 Å². The molecular formula is C11H12BrIO. The number of alkyl halides is 1. The van der Waals surface area contributed by atoms with Crippen molar-refractivity contribution >= 4 is 38.5 Å². The van der Waals surface area contributed by atoms with Gasteiger partial charge in [0.2, 0.25) is 0 Å². The molecule has 3 heteroatoms. The van der Waals surface area contributed by atoms with Crippen LogP contribution in [0.1, 0.15) is 12.8 Å². The molecule has 1 aromatic rings. The zero-order valence-electron chi connectivity index (χ0n) is 7.80. The van der Waals surface area contributed by atoms with E-state index in [1.165, 1.54) is 16.4 Å². The molecule has 1 aromatic carbocycles. The summed E-state index contributed by atoms with van der Waals surface area (Å²) in [5.41, 5.74) is 0.434. The highest BCUT2D eigenvalue weighted by Crippen LogP contribution is 2.47. The molecule has 1 aliphatic carbocycles. The molecule has 0 atom stereocenters. The normalized spacial score (nSPS) is 17.9. The summed E-state index contributed by atoms with van der Waals surface area (Å²) in [5, 5.41) is 1.06. The highest BCUT2D eigenvalue weighted by atomic mass is 127. The van der Waals surface area contributed by atoms with Crippen LogP contribution in [-0.2, 0) is 0 Å². The van der Waals surface area contributed by atoms with E-state index in [1.807, 2.05) is 12.1 Å². The summed E-state index contributed by atoms with van der Waals surface area (Å²) < 4.78 is 6.99. The number of hydrogen-bond acceptors (Lipinski definition) is 1. The van der Waals surface area contributed by atoms with Crippen LogP contribution in [0.15, 0.2) is 24.3 Å². The summed E-state index contributed by atoms with van der Waals surface area (Å²) in [4.78, 5) is 0. The van der Waals surface area contributed by atoms with Crippen LogP contribution >= 0.6 is 38.5 Å². The molecule has 1 fully saturated rings. The van der Waals surface area contributed by atoms with Gasteiger partial charge in [-0.15, -0.1) is 0 Å². The molecule has 0 radical (unpaired) electrons. The number of benzene rings is 1. The Balaban J connectivity index is 1.89. The lowest BCUT2D eigenvalue weighted by atomic mass is 10.2. The molecule has 2 rings (SSSR count). The van der Waals surface area contributed by atoms with Gasteiger partial charge in [-0.1, -0.05) is 15.9 Å². The van der Waals surface area contributed by atoms with Crippen molar-refractivity contribution in [3.63, 3.8) is 0 Å². The lowest BCUT2D eigenvalue weighted by molar-refractivity contribution is 0.251. The highest BCUT2D eigenvalue weighted by Gasteiger charge is 2.42. The molecule has 1 aliphatic rings. The third-order valence-corrected chi connectivity index (χ3v) is 4.51. The van der Waals surface area contributed by atoms with Crippen LogP contribution in [0.3, 0.4) is 0 Å². The Hall–Kier alpha value is 0.230. The van der Waals surface area contributed by atoms with Gasteiger partial charge in [0.25, 0.3) is 0 Å². The highest BCUT2D eigenvalue weighted by molar-refractivity contribution is 14.1. The summed E-state index contributed by atoms with van der Waals surface area (Å²) in [5.74, 6) is 0.984. The van der Waals surface area contributed by atoms with Gasteiger partial charge in [-0.2, -0.15) is 0 Å². The van der Waals surface area contributed by atoms with Gasteiger partial charge in [0.05, 0.1) is 6.61 Å². The Morgan fingerprint density at radius 3 is 2.43 bits per heavy atom. The SMILES string of the molecule is BrCC1(COc2ccc(I)cc2)CC1. The summed E-state index contributed by atoms with van der Waals surface area (Å²) >= 11 is 5.84. The molecule has 0 heterocycles. The Morgan fingerprint density at radius 1 is 1.29 bits per heavy atom. The van der Waals surface area contributed by atoms with Gasteiger partial charge in [0, 0.05) is 14.3 Å². The molecular weight excluding hydrogens is 355 g/mol. The summed E-state index contributed by atoms with van der Waals surface area (Å²) in [6.07, 6.45) is 2.59. The van der Waals surface area contributed by atoms with Crippen molar-refractivity contribution in [2.75, 3.05) is 11.9 Å². The molecule has 0 N–H and O–H groups in total. The zero-order chi connectivity index (χ0) is 10.0. The van der Waals surface area contributed by atoms with E-state index in [0.717, 1.165) is 17.7 Å². The van der Waals surface area contributed by atoms with E-state index in [1.54, 1.807) is 0 Å². The topological polar surface area (TPSA) is 9.23 Å². The largest absolute Gasteiger partial charge is 0.493 e. The molecule has 1 saturated carbocycles. The molecule has 0 spiro atoms. The Labute approximate surface area is 106 Å². The van der Waals surface area contributed by atoms with Crippen LogP contribution in [0.2, 0.25) is 0 Å². The van der Waals surface area contributed by atoms with Crippen molar-refractivity contribution < 1.29 is 4.74 Å². The van der Waals surface area contributed by atoms with Crippen LogP contribution in [-0.4, -0.2) is 11.9 Å². The minimum absolute atomic E-state index is 0.434. The predicted octanol–water partition coefficient (Wildman–Crippen LogP) is 3.85. The maximum atomic E-state index is 5.75. The van der Waals surface area contributed by atoms with E-state index in [2.05, 4.69) is 50.7 Å². The number of rotatable bonds is 4. The average Bonchev–Trinajstić information content (AvgIpc) is 2.98. The lowest BCUT2D eigenvalue weighted by Gasteiger charge is -2.12. The third-order valence-electron chi connectivity index (χ3n) is 2.60. The third kappa shape index (κ3) is 2.63. The second-order valence-electron chi connectivity index (χ2n) is 3.88. The second-order valence-corrected chi connectivity index (χ2v) is 5.68. The maximum Gasteiger partial charge on any atom is 0.119 e. The molecule has 0 bridgehead atoms. The van der Waals surface area contributed by atoms with Crippen LogP contribution < -0.4 is 4.74 Å². The van der Waals surface area contributed by atoms with Gasteiger partial charge in [-0.25, -0.2) is 0 Å². The van der Waals surface area contributed by atoms with Crippen molar-refractivity contribution in [3.05, 3.63) is 27.8 Å². The van der Waals surface area contributed by atoms with Crippen LogP contribution in [0, 0.1) is 8.99 Å². The molecule has 0 aromatic heterocycles. The molecule has 0 saturated heterocycles. The first-order valence-electron chi connectivity index (χ1n) is 4.68. The first-order chi connectivity index (χ1) is 6.74.